The monoisotopic (exact) mass is 511 g/mol. The van der Waals surface area contributed by atoms with Gasteiger partial charge in [0.15, 0.2) is 0 Å². The summed E-state index contributed by atoms with van der Waals surface area (Å²) >= 11 is 0. The van der Waals surface area contributed by atoms with E-state index < -0.39 is 29.1 Å². The Bertz CT molecular complexity index is 1010. The first-order chi connectivity index (χ1) is 17.8. The second-order valence-electron chi connectivity index (χ2n) is 11.7. The Labute approximate surface area is 219 Å². The number of unbranched alkanes of at least 4 members (excludes halogenated alkanes) is 2. The average Bonchev–Trinajstić information content (AvgIpc) is 3.39. The van der Waals surface area contributed by atoms with Crippen molar-refractivity contribution in [3.05, 3.63) is 30.3 Å². The fourth-order valence-corrected chi connectivity index (χ4v) is 7.52. The molecule has 1 aromatic carbocycles. The van der Waals surface area contributed by atoms with E-state index in [1.54, 1.807) is 4.90 Å². The Morgan fingerprint density at radius 1 is 1.08 bits per heavy atom. The van der Waals surface area contributed by atoms with E-state index in [2.05, 4.69) is 17.6 Å². The Kier molecular flexibility index (Phi) is 7.33. The number of aliphatic hydroxyl groups is 1. The Hall–Kier alpha value is -2.45. The molecule has 3 aliphatic heterocycles. The van der Waals surface area contributed by atoms with Crippen molar-refractivity contribution in [2.75, 3.05) is 18.5 Å². The summed E-state index contributed by atoms with van der Waals surface area (Å²) in [6.45, 7) is 4.53. The second kappa shape index (κ2) is 10.4. The third-order valence-electron chi connectivity index (χ3n) is 9.40. The van der Waals surface area contributed by atoms with Crippen LogP contribution in [-0.2, 0) is 19.1 Å². The zero-order valence-corrected chi connectivity index (χ0v) is 22.1. The number of hydrogen-bond acceptors (Lipinski definition) is 5. The van der Waals surface area contributed by atoms with Gasteiger partial charge in [-0.05, 0) is 63.5 Å². The molecule has 37 heavy (non-hydrogen) atoms. The fraction of sp³-hybridized carbons (Fsp3) is 0.690. The number of anilines is 1. The van der Waals surface area contributed by atoms with Gasteiger partial charge in [0.25, 0.3) is 0 Å². The maximum Gasteiger partial charge on any atom is 0.246 e. The Balaban J connectivity index is 1.46. The molecule has 3 heterocycles. The number of para-hydroxylation sites is 1. The molecule has 1 aliphatic carbocycles. The summed E-state index contributed by atoms with van der Waals surface area (Å²) in [5.41, 5.74) is -1.16. The molecule has 8 nitrogen and oxygen atoms in total. The number of amides is 3. The highest BCUT2D eigenvalue weighted by Crippen LogP contribution is 2.65. The SMILES string of the molecule is CC1CC23O[C@@]1(C)[C@H](C(=O)Nc1ccccc1)[C@H]2C(=O)N(CCCCCO)C3C(=O)NC1CCCCC1. The zero-order valence-electron chi connectivity index (χ0n) is 22.1. The third kappa shape index (κ3) is 4.46. The van der Waals surface area contributed by atoms with Crippen LogP contribution in [0.3, 0.4) is 0 Å². The van der Waals surface area contributed by atoms with Crippen LogP contribution in [0.1, 0.15) is 71.6 Å². The first-order valence-electron chi connectivity index (χ1n) is 14.1. The van der Waals surface area contributed by atoms with Crippen LogP contribution in [0.2, 0.25) is 0 Å². The van der Waals surface area contributed by atoms with Crippen LogP contribution >= 0.6 is 0 Å². The molecule has 0 radical (unpaired) electrons. The normalized spacial score (nSPS) is 35.0. The van der Waals surface area contributed by atoms with Gasteiger partial charge in [-0.3, -0.25) is 14.4 Å². The number of fused-ring (bicyclic) bond motifs is 1. The molecule has 8 heteroatoms. The van der Waals surface area contributed by atoms with E-state index in [-0.39, 0.29) is 36.3 Å². The largest absolute Gasteiger partial charge is 0.396 e. The van der Waals surface area contributed by atoms with Gasteiger partial charge in [-0.1, -0.05) is 44.4 Å². The third-order valence-corrected chi connectivity index (χ3v) is 9.40. The van der Waals surface area contributed by atoms with Crippen LogP contribution in [0.15, 0.2) is 30.3 Å². The first kappa shape index (κ1) is 26.2. The molecule has 4 aliphatic rings. The molecule has 4 fully saturated rings. The predicted molar refractivity (Wildman–Crippen MR) is 140 cm³/mol. The average molecular weight is 512 g/mol. The molecular formula is C29H41N3O5. The van der Waals surface area contributed by atoms with Gasteiger partial charge >= 0.3 is 0 Å². The van der Waals surface area contributed by atoms with Gasteiger partial charge in [0.1, 0.15) is 11.6 Å². The smallest absolute Gasteiger partial charge is 0.246 e. The van der Waals surface area contributed by atoms with Crippen molar-refractivity contribution in [1.29, 1.82) is 0 Å². The first-order valence-corrected chi connectivity index (χ1v) is 14.1. The van der Waals surface area contributed by atoms with Crippen LogP contribution in [0, 0.1) is 17.8 Å². The number of benzene rings is 1. The van der Waals surface area contributed by atoms with Gasteiger partial charge < -0.3 is 25.4 Å². The van der Waals surface area contributed by atoms with E-state index in [0.717, 1.165) is 32.1 Å². The number of carbonyl (C=O) groups is 3. The van der Waals surface area contributed by atoms with Gasteiger partial charge in [0, 0.05) is 24.9 Å². The maximum atomic E-state index is 14.1. The molecule has 5 rings (SSSR count). The number of nitrogens with one attached hydrogen (secondary N) is 2. The molecule has 6 atom stereocenters. The van der Waals surface area contributed by atoms with Gasteiger partial charge in [-0.2, -0.15) is 0 Å². The number of ether oxygens (including phenoxy) is 1. The minimum absolute atomic E-state index is 0.0161. The standard InChI is InChI=1S/C29H41N3O5/c1-19-18-29-23(22(28(19,2)37-29)25(34)30-20-12-6-3-7-13-20)27(36)32(16-10-5-11-17-33)24(29)26(35)31-21-14-8-4-9-15-21/h3,6-7,12-13,19,21-24,33H,4-5,8-11,14-18H2,1-2H3,(H,30,34)(H,31,35)/t19?,22-,23-,24?,28+,29?/m0/s1. The number of carbonyl (C=O) groups excluding carboxylic acids is 3. The second-order valence-corrected chi connectivity index (χ2v) is 11.7. The number of nitrogens with zero attached hydrogens (tertiary/aromatic N) is 1. The summed E-state index contributed by atoms with van der Waals surface area (Å²) in [6, 6.07) is 8.64. The molecule has 3 amide bonds. The van der Waals surface area contributed by atoms with Crippen molar-refractivity contribution in [2.45, 2.75) is 94.9 Å². The summed E-state index contributed by atoms with van der Waals surface area (Å²) < 4.78 is 6.78. The molecule has 1 saturated carbocycles. The quantitative estimate of drug-likeness (QED) is 0.441. The van der Waals surface area contributed by atoms with Gasteiger partial charge in [-0.15, -0.1) is 0 Å². The van der Waals surface area contributed by atoms with Gasteiger partial charge in [0.2, 0.25) is 17.7 Å². The van der Waals surface area contributed by atoms with Crippen molar-refractivity contribution in [3.8, 4) is 0 Å². The molecule has 202 valence electrons. The van der Waals surface area contributed by atoms with Gasteiger partial charge in [0.05, 0.1) is 17.4 Å². The van der Waals surface area contributed by atoms with Crippen LogP contribution in [0.4, 0.5) is 5.69 Å². The molecule has 0 aromatic heterocycles. The summed E-state index contributed by atoms with van der Waals surface area (Å²) in [5, 5.41) is 15.5. The number of hydrogen-bond donors (Lipinski definition) is 3. The van der Waals surface area contributed by atoms with E-state index >= 15 is 0 Å². The lowest BCUT2D eigenvalue weighted by Gasteiger charge is -2.36. The number of aliphatic hydroxyl groups excluding tert-OH is 1. The lowest BCUT2D eigenvalue weighted by Crippen LogP contribution is -2.57. The summed E-state index contributed by atoms with van der Waals surface area (Å²) in [6.07, 6.45) is 7.98. The van der Waals surface area contributed by atoms with Crippen LogP contribution < -0.4 is 10.6 Å². The molecule has 1 aromatic rings. The van der Waals surface area contributed by atoms with E-state index in [0.29, 0.717) is 31.5 Å². The fourth-order valence-electron chi connectivity index (χ4n) is 7.52. The minimum atomic E-state index is -1.01. The molecule has 3 saturated heterocycles. The van der Waals surface area contributed by atoms with Crippen molar-refractivity contribution in [2.24, 2.45) is 17.8 Å². The van der Waals surface area contributed by atoms with E-state index in [1.807, 2.05) is 37.3 Å². The maximum absolute atomic E-state index is 14.1. The summed E-state index contributed by atoms with van der Waals surface area (Å²) in [5.74, 6) is -1.90. The molecule has 3 unspecified atom stereocenters. The molecule has 3 N–H and O–H groups in total. The summed E-state index contributed by atoms with van der Waals surface area (Å²) in [7, 11) is 0. The minimum Gasteiger partial charge on any atom is -0.396 e. The van der Waals surface area contributed by atoms with E-state index in [9.17, 15) is 19.5 Å². The van der Waals surface area contributed by atoms with E-state index in [1.165, 1.54) is 6.42 Å². The molecule has 1 spiro atoms. The number of likely N-dealkylation sites (tertiary alicyclic amines) is 1. The summed E-state index contributed by atoms with van der Waals surface area (Å²) in [4.78, 5) is 43.5. The lowest BCUT2D eigenvalue weighted by atomic mass is 9.62. The van der Waals surface area contributed by atoms with Crippen LogP contribution in [0.25, 0.3) is 0 Å². The van der Waals surface area contributed by atoms with Crippen molar-refractivity contribution >= 4 is 23.4 Å². The highest BCUT2D eigenvalue weighted by molar-refractivity contribution is 6.02. The van der Waals surface area contributed by atoms with Crippen LogP contribution in [-0.4, -0.2) is 64.2 Å². The van der Waals surface area contributed by atoms with Crippen molar-refractivity contribution < 1.29 is 24.2 Å². The zero-order chi connectivity index (χ0) is 26.2. The molecule has 2 bridgehead atoms. The number of rotatable bonds is 9. The van der Waals surface area contributed by atoms with Crippen molar-refractivity contribution in [3.63, 3.8) is 0 Å². The van der Waals surface area contributed by atoms with Gasteiger partial charge in [-0.25, -0.2) is 0 Å². The molecular weight excluding hydrogens is 470 g/mol. The van der Waals surface area contributed by atoms with E-state index in [4.69, 9.17) is 4.74 Å². The van der Waals surface area contributed by atoms with Crippen LogP contribution in [0.5, 0.6) is 0 Å². The lowest BCUT2D eigenvalue weighted by molar-refractivity contribution is -0.146. The van der Waals surface area contributed by atoms with Crippen molar-refractivity contribution in [1.82, 2.24) is 10.2 Å². The topological polar surface area (TPSA) is 108 Å². The highest BCUT2D eigenvalue weighted by atomic mass is 16.5. The highest BCUT2D eigenvalue weighted by Gasteiger charge is 2.79. The Morgan fingerprint density at radius 2 is 1.81 bits per heavy atom. The predicted octanol–water partition coefficient (Wildman–Crippen LogP) is 3.25. The Morgan fingerprint density at radius 3 is 2.51 bits per heavy atom.